The van der Waals surface area contributed by atoms with Crippen molar-refractivity contribution < 1.29 is 13.0 Å². The predicted octanol–water partition coefficient (Wildman–Crippen LogP) is 2.15. The number of hydrogen-bond acceptors (Lipinski definition) is 5. The number of aromatic nitrogens is 2. The summed E-state index contributed by atoms with van der Waals surface area (Å²) in [6.45, 7) is 0. The molecule has 2 heterocycles. The van der Waals surface area contributed by atoms with Crippen LogP contribution in [0.15, 0.2) is 66.0 Å². The van der Waals surface area contributed by atoms with E-state index in [1.165, 1.54) is 18.3 Å². The van der Waals surface area contributed by atoms with Crippen LogP contribution >= 0.6 is 0 Å². The molecular weight excluding hydrogens is 290 g/mol. The van der Waals surface area contributed by atoms with Gasteiger partial charge in [0.05, 0.1) is 11.2 Å². The number of benzene rings is 1. The van der Waals surface area contributed by atoms with Gasteiger partial charge in [0.25, 0.3) is 0 Å². The average molecular weight is 303 g/mol. The van der Waals surface area contributed by atoms with Gasteiger partial charge in [-0.15, -0.1) is 0 Å². The molecule has 0 saturated carbocycles. The van der Waals surface area contributed by atoms with Crippen LogP contribution in [0.1, 0.15) is 0 Å². The fraction of sp³-hybridized carbons (Fsp3) is 0. The monoisotopic (exact) mass is 303 g/mol. The highest BCUT2D eigenvalue weighted by molar-refractivity contribution is 7.85. The zero-order valence-electron chi connectivity index (χ0n) is 10.9. The van der Waals surface area contributed by atoms with E-state index < -0.39 is 10.1 Å². The minimum atomic E-state index is -4.11. The van der Waals surface area contributed by atoms with E-state index in [1.54, 1.807) is 12.3 Å². The van der Waals surface area contributed by atoms with Crippen LogP contribution < -0.4 is 5.73 Å². The molecule has 2 aromatic heterocycles. The topological polar surface area (TPSA) is 106 Å². The van der Waals surface area contributed by atoms with E-state index in [0.29, 0.717) is 0 Å². The second kappa shape index (κ2) is 6.29. The van der Waals surface area contributed by atoms with Gasteiger partial charge in [0.1, 0.15) is 0 Å². The molecule has 108 valence electrons. The molecule has 0 aliphatic rings. The molecule has 3 N–H and O–H groups in total. The van der Waals surface area contributed by atoms with Gasteiger partial charge in [0.2, 0.25) is 0 Å². The summed E-state index contributed by atoms with van der Waals surface area (Å²) in [4.78, 5) is 7.57. The Kier molecular flexibility index (Phi) is 4.46. The van der Waals surface area contributed by atoms with Gasteiger partial charge in [-0.25, -0.2) is 4.98 Å². The first-order valence-electron chi connectivity index (χ1n) is 5.96. The third-order valence-corrected chi connectivity index (χ3v) is 3.34. The fourth-order valence-electron chi connectivity index (χ4n) is 1.63. The van der Waals surface area contributed by atoms with Crippen molar-refractivity contribution in [2.75, 3.05) is 5.73 Å². The number of nitrogens with two attached hydrogens (primary N) is 1. The van der Waals surface area contributed by atoms with Crippen LogP contribution in [-0.4, -0.2) is 22.9 Å². The number of hydrogen-bond donors (Lipinski definition) is 2. The van der Waals surface area contributed by atoms with E-state index in [1.807, 2.05) is 30.3 Å². The highest BCUT2D eigenvalue weighted by Crippen LogP contribution is 2.16. The number of rotatable bonds is 1. The molecule has 6 nitrogen and oxygen atoms in total. The molecule has 0 atom stereocenters. The van der Waals surface area contributed by atoms with E-state index in [4.69, 9.17) is 10.3 Å². The molecule has 0 unspecified atom stereocenters. The first-order chi connectivity index (χ1) is 9.98. The maximum Gasteiger partial charge on any atom is 0.312 e. The lowest BCUT2D eigenvalue weighted by molar-refractivity contribution is 0.479. The van der Waals surface area contributed by atoms with Crippen molar-refractivity contribution in [1.29, 1.82) is 0 Å². The highest BCUT2D eigenvalue weighted by atomic mass is 32.2. The van der Waals surface area contributed by atoms with Gasteiger partial charge in [0, 0.05) is 17.8 Å². The van der Waals surface area contributed by atoms with Gasteiger partial charge in [-0.05, 0) is 24.3 Å². The molecule has 0 bridgehead atoms. The van der Waals surface area contributed by atoms with Crippen molar-refractivity contribution in [1.82, 2.24) is 9.97 Å². The lowest BCUT2D eigenvalue weighted by Crippen LogP contribution is -1.99. The Morgan fingerprint density at radius 2 is 1.62 bits per heavy atom. The highest BCUT2D eigenvalue weighted by Gasteiger charge is 2.08. The number of para-hydroxylation sites is 1. The normalized spacial score (nSPS) is 10.7. The second-order valence-corrected chi connectivity index (χ2v) is 5.43. The van der Waals surface area contributed by atoms with Crippen molar-refractivity contribution in [2.45, 2.75) is 5.03 Å². The third-order valence-electron chi connectivity index (χ3n) is 2.57. The average Bonchev–Trinajstić information content (AvgIpc) is 2.49. The number of nitrogens with zero attached hydrogens (tertiary/aromatic N) is 2. The van der Waals surface area contributed by atoms with Crippen molar-refractivity contribution >= 4 is 26.7 Å². The van der Waals surface area contributed by atoms with Gasteiger partial charge in [-0.2, -0.15) is 8.42 Å². The quantitative estimate of drug-likeness (QED) is 0.527. The van der Waals surface area contributed by atoms with Gasteiger partial charge >= 0.3 is 10.1 Å². The summed E-state index contributed by atoms with van der Waals surface area (Å²) < 4.78 is 29.1. The molecule has 21 heavy (non-hydrogen) atoms. The number of nitrogen functional groups attached to an aromatic ring is 1. The minimum absolute atomic E-state index is 0.324. The van der Waals surface area contributed by atoms with Crippen LogP contribution in [0.4, 0.5) is 5.69 Å². The van der Waals surface area contributed by atoms with Crippen molar-refractivity contribution in [3.8, 4) is 0 Å². The van der Waals surface area contributed by atoms with E-state index in [-0.39, 0.29) is 5.03 Å². The molecule has 0 saturated heterocycles. The van der Waals surface area contributed by atoms with Gasteiger partial charge in [-0.1, -0.05) is 24.3 Å². The zero-order valence-corrected chi connectivity index (χ0v) is 11.7. The maximum atomic E-state index is 10.3. The molecule has 1 aromatic carbocycles. The Labute approximate surface area is 122 Å². The summed E-state index contributed by atoms with van der Waals surface area (Å²) in [5.74, 6) is 0. The predicted molar refractivity (Wildman–Crippen MR) is 80.2 cm³/mol. The van der Waals surface area contributed by atoms with Crippen LogP contribution in [0.3, 0.4) is 0 Å². The first kappa shape index (κ1) is 14.9. The summed E-state index contributed by atoms with van der Waals surface area (Å²) in [5.41, 5.74) is 7.32. The maximum absolute atomic E-state index is 10.3. The first-order valence-corrected chi connectivity index (χ1v) is 7.40. The summed E-state index contributed by atoms with van der Waals surface area (Å²) in [6.07, 6.45) is 3.04. The van der Waals surface area contributed by atoms with Crippen LogP contribution in [0.2, 0.25) is 0 Å². The molecule has 0 spiro atoms. The Morgan fingerprint density at radius 1 is 0.905 bits per heavy atom. The molecule has 3 aromatic rings. The van der Waals surface area contributed by atoms with Crippen LogP contribution in [0, 0.1) is 0 Å². The third kappa shape index (κ3) is 3.98. The van der Waals surface area contributed by atoms with Gasteiger partial charge in [-0.3, -0.25) is 9.54 Å². The summed E-state index contributed by atoms with van der Waals surface area (Å²) in [6, 6.07) is 14.0. The van der Waals surface area contributed by atoms with E-state index in [2.05, 4.69) is 9.97 Å². The number of pyridine rings is 2. The largest absolute Gasteiger partial charge is 0.397 e. The molecule has 7 heteroatoms. The smallest absolute Gasteiger partial charge is 0.312 e. The second-order valence-electron chi connectivity index (χ2n) is 4.07. The van der Waals surface area contributed by atoms with Crippen molar-refractivity contribution in [3.05, 3.63) is 60.9 Å². The van der Waals surface area contributed by atoms with E-state index >= 15 is 0 Å². The van der Waals surface area contributed by atoms with Gasteiger partial charge in [0.15, 0.2) is 5.03 Å². The summed E-state index contributed by atoms with van der Waals surface area (Å²) >= 11 is 0. The summed E-state index contributed by atoms with van der Waals surface area (Å²) in [5, 5.41) is 0.766. The number of anilines is 1. The van der Waals surface area contributed by atoms with Crippen LogP contribution in [0.5, 0.6) is 0 Å². The molecule has 0 amide bonds. The Bertz CT molecular complexity index is 831. The van der Waals surface area contributed by atoms with Gasteiger partial charge < -0.3 is 5.73 Å². The molecule has 3 rings (SSSR count). The molecule has 0 fully saturated rings. The standard InChI is InChI=1S/C9H8N2.C5H5NO3S/c10-8-5-1-3-7-4-2-6-11-9(7)8;7-10(8,9)5-3-1-2-4-6-5/h1-6H,10H2;1-4H,(H,7,8,9). The Hall–Kier alpha value is -2.51. The van der Waals surface area contributed by atoms with Crippen molar-refractivity contribution in [3.63, 3.8) is 0 Å². The summed E-state index contributed by atoms with van der Waals surface area (Å²) in [7, 11) is -4.11. The lowest BCUT2D eigenvalue weighted by atomic mass is 10.2. The van der Waals surface area contributed by atoms with E-state index in [0.717, 1.165) is 16.6 Å². The molecule has 0 radical (unpaired) electrons. The lowest BCUT2D eigenvalue weighted by Gasteiger charge is -1.97. The number of fused-ring (bicyclic) bond motifs is 1. The van der Waals surface area contributed by atoms with E-state index in [9.17, 15) is 8.42 Å². The van der Waals surface area contributed by atoms with Crippen LogP contribution in [0.25, 0.3) is 10.9 Å². The van der Waals surface area contributed by atoms with Crippen LogP contribution in [-0.2, 0) is 10.1 Å². The molecule has 0 aliphatic carbocycles. The fourth-order valence-corrected chi connectivity index (χ4v) is 2.07. The molecule has 0 aliphatic heterocycles. The SMILES string of the molecule is Nc1cccc2cccnc12.O=S(=O)(O)c1ccccn1. The Morgan fingerprint density at radius 3 is 2.19 bits per heavy atom. The Balaban J connectivity index is 0.000000155. The minimum Gasteiger partial charge on any atom is -0.397 e. The zero-order chi connectivity index (χ0) is 15.3. The van der Waals surface area contributed by atoms with Crippen molar-refractivity contribution in [2.24, 2.45) is 0 Å². The molecular formula is C14H13N3O3S.